The summed E-state index contributed by atoms with van der Waals surface area (Å²) in [6.45, 7) is 3.48. The van der Waals surface area contributed by atoms with Gasteiger partial charge in [0.1, 0.15) is 6.67 Å². The summed E-state index contributed by atoms with van der Waals surface area (Å²) in [4.78, 5) is 2.22. The predicted octanol–water partition coefficient (Wildman–Crippen LogP) is 2.21. The molecule has 2 nitrogen and oxygen atoms in total. The van der Waals surface area contributed by atoms with Crippen molar-refractivity contribution in [2.45, 2.75) is 6.04 Å². The van der Waals surface area contributed by atoms with Crippen molar-refractivity contribution in [3.63, 3.8) is 0 Å². The molecule has 0 spiro atoms. The molecule has 1 aliphatic rings. The first-order valence-corrected chi connectivity index (χ1v) is 6.65. The normalized spacial score (nSPS) is 19.6. The molecule has 0 unspecified atom stereocenters. The smallest absolute Gasteiger partial charge is 0.109 e. The van der Waals surface area contributed by atoms with E-state index in [1.54, 1.807) is 0 Å². The van der Waals surface area contributed by atoms with Gasteiger partial charge in [0.25, 0.3) is 0 Å². The first kappa shape index (κ1) is 12.3. The van der Waals surface area contributed by atoms with E-state index in [1.807, 2.05) is 24.3 Å². The van der Waals surface area contributed by atoms with Crippen LogP contribution in [-0.2, 0) is 0 Å². The van der Waals surface area contributed by atoms with Crippen molar-refractivity contribution in [3.8, 4) is 0 Å². The lowest BCUT2D eigenvalue weighted by Crippen LogP contribution is -2.45. The fourth-order valence-corrected chi connectivity index (χ4v) is 2.44. The third kappa shape index (κ3) is 2.93. The lowest BCUT2D eigenvalue weighted by Gasteiger charge is -2.33. The maximum Gasteiger partial charge on any atom is 0.109 e. The van der Waals surface area contributed by atoms with Gasteiger partial charge < -0.3 is 5.32 Å². The van der Waals surface area contributed by atoms with Gasteiger partial charge in [0.15, 0.2) is 0 Å². The number of rotatable bonds is 3. The first-order chi connectivity index (χ1) is 7.81. The molecule has 16 heavy (non-hydrogen) atoms. The van der Waals surface area contributed by atoms with Crippen LogP contribution in [0.3, 0.4) is 0 Å². The van der Waals surface area contributed by atoms with E-state index in [9.17, 15) is 4.39 Å². The van der Waals surface area contributed by atoms with Crippen molar-refractivity contribution in [2.24, 2.45) is 0 Å². The average molecular weight is 334 g/mol. The largest absolute Gasteiger partial charge is 0.314 e. The van der Waals surface area contributed by atoms with Crippen molar-refractivity contribution in [3.05, 3.63) is 33.4 Å². The van der Waals surface area contributed by atoms with E-state index in [0.717, 1.165) is 31.7 Å². The van der Waals surface area contributed by atoms with Crippen LogP contribution in [0, 0.1) is 3.57 Å². The van der Waals surface area contributed by atoms with Gasteiger partial charge >= 0.3 is 0 Å². The summed E-state index contributed by atoms with van der Waals surface area (Å²) >= 11 is 2.27. The second-order valence-electron chi connectivity index (χ2n) is 4.01. The minimum Gasteiger partial charge on any atom is -0.314 e. The summed E-state index contributed by atoms with van der Waals surface area (Å²) in [7, 11) is 0. The highest BCUT2D eigenvalue weighted by molar-refractivity contribution is 14.1. The van der Waals surface area contributed by atoms with Crippen LogP contribution in [0.5, 0.6) is 0 Å². The number of alkyl halides is 1. The molecule has 0 aliphatic carbocycles. The number of hydrogen-bond acceptors (Lipinski definition) is 2. The maximum absolute atomic E-state index is 13.2. The van der Waals surface area contributed by atoms with Crippen LogP contribution in [0.15, 0.2) is 24.3 Å². The molecule has 0 aromatic heterocycles. The molecule has 1 aromatic carbocycles. The van der Waals surface area contributed by atoms with E-state index >= 15 is 0 Å². The van der Waals surface area contributed by atoms with Crippen molar-refractivity contribution < 1.29 is 4.39 Å². The Bertz CT molecular complexity index is 322. The molecule has 1 aromatic rings. The Kier molecular flexibility index (Phi) is 4.55. The van der Waals surface area contributed by atoms with Crippen molar-refractivity contribution >= 4 is 22.6 Å². The van der Waals surface area contributed by atoms with Gasteiger partial charge in [0.05, 0.1) is 6.04 Å². The van der Waals surface area contributed by atoms with Crippen LogP contribution in [0.2, 0.25) is 0 Å². The molecule has 0 saturated carbocycles. The molecular weight excluding hydrogens is 318 g/mol. The van der Waals surface area contributed by atoms with Gasteiger partial charge in [-0.2, -0.15) is 0 Å². The highest BCUT2D eigenvalue weighted by Gasteiger charge is 2.21. The highest BCUT2D eigenvalue weighted by Crippen LogP contribution is 2.22. The summed E-state index contributed by atoms with van der Waals surface area (Å²) in [5, 5.41) is 3.29. The number of hydrogen-bond donors (Lipinski definition) is 1. The summed E-state index contributed by atoms with van der Waals surface area (Å²) in [5.41, 5.74) is 1.09. The molecule has 0 amide bonds. The number of nitrogens with one attached hydrogen (secondary N) is 1. The van der Waals surface area contributed by atoms with Gasteiger partial charge in [-0.1, -0.05) is 12.1 Å². The van der Waals surface area contributed by atoms with Crippen LogP contribution in [0.1, 0.15) is 11.6 Å². The summed E-state index contributed by atoms with van der Waals surface area (Å²) in [5.74, 6) is 0. The minimum atomic E-state index is -0.305. The van der Waals surface area contributed by atoms with E-state index in [4.69, 9.17) is 0 Å². The van der Waals surface area contributed by atoms with Crippen LogP contribution in [-0.4, -0.2) is 37.8 Å². The molecular formula is C12H16FIN2. The predicted molar refractivity (Wildman–Crippen MR) is 72.3 cm³/mol. The van der Waals surface area contributed by atoms with Gasteiger partial charge in [-0.3, -0.25) is 4.90 Å². The minimum absolute atomic E-state index is 0.0703. The van der Waals surface area contributed by atoms with Crippen molar-refractivity contribution in [1.82, 2.24) is 10.2 Å². The zero-order valence-corrected chi connectivity index (χ0v) is 11.3. The molecule has 0 radical (unpaired) electrons. The van der Waals surface area contributed by atoms with Crippen LogP contribution >= 0.6 is 22.6 Å². The molecule has 1 fully saturated rings. The van der Waals surface area contributed by atoms with Gasteiger partial charge in [-0.15, -0.1) is 0 Å². The summed E-state index contributed by atoms with van der Waals surface area (Å²) in [6.07, 6.45) is 0. The third-order valence-electron chi connectivity index (χ3n) is 2.99. The second kappa shape index (κ2) is 5.93. The number of piperazine rings is 1. The Balaban J connectivity index is 2.11. The van der Waals surface area contributed by atoms with Gasteiger partial charge in [0.2, 0.25) is 0 Å². The van der Waals surface area contributed by atoms with Crippen LogP contribution in [0.25, 0.3) is 0 Å². The summed E-state index contributed by atoms with van der Waals surface area (Å²) in [6, 6.07) is 8.09. The lowest BCUT2D eigenvalue weighted by molar-refractivity contribution is 0.147. The highest BCUT2D eigenvalue weighted by atomic mass is 127. The lowest BCUT2D eigenvalue weighted by atomic mass is 10.1. The maximum atomic E-state index is 13.2. The van der Waals surface area contributed by atoms with E-state index < -0.39 is 0 Å². The van der Waals surface area contributed by atoms with E-state index in [0.29, 0.717) is 0 Å². The quantitative estimate of drug-likeness (QED) is 0.853. The first-order valence-electron chi connectivity index (χ1n) is 5.57. The zero-order chi connectivity index (χ0) is 11.4. The Morgan fingerprint density at radius 2 is 1.88 bits per heavy atom. The van der Waals surface area contributed by atoms with Crippen LogP contribution in [0.4, 0.5) is 4.39 Å². The van der Waals surface area contributed by atoms with Crippen LogP contribution < -0.4 is 5.32 Å². The molecule has 88 valence electrons. The monoisotopic (exact) mass is 334 g/mol. The standard InChI is InChI=1S/C12H16FIN2/c13-9-12(16-7-5-15-6-8-16)10-1-3-11(14)4-2-10/h1-4,12,15H,5-9H2/t12-/m0/s1. The molecule has 2 rings (SSSR count). The Hall–Kier alpha value is -0.200. The zero-order valence-electron chi connectivity index (χ0n) is 9.13. The van der Waals surface area contributed by atoms with E-state index in [-0.39, 0.29) is 12.7 Å². The number of benzene rings is 1. The van der Waals surface area contributed by atoms with E-state index in [1.165, 1.54) is 3.57 Å². The van der Waals surface area contributed by atoms with Gasteiger partial charge in [-0.05, 0) is 40.3 Å². The van der Waals surface area contributed by atoms with Gasteiger partial charge in [-0.25, -0.2) is 4.39 Å². The fourth-order valence-electron chi connectivity index (χ4n) is 2.08. The Labute approximate surface area is 109 Å². The fraction of sp³-hybridized carbons (Fsp3) is 0.500. The molecule has 1 N–H and O–H groups in total. The molecule has 0 bridgehead atoms. The van der Waals surface area contributed by atoms with Crippen molar-refractivity contribution in [2.75, 3.05) is 32.9 Å². The van der Waals surface area contributed by atoms with E-state index in [2.05, 4.69) is 32.8 Å². The molecule has 1 aliphatic heterocycles. The summed E-state index contributed by atoms with van der Waals surface area (Å²) < 4.78 is 14.4. The Morgan fingerprint density at radius 1 is 1.25 bits per heavy atom. The number of nitrogens with zero attached hydrogens (tertiary/aromatic N) is 1. The molecule has 1 heterocycles. The third-order valence-corrected chi connectivity index (χ3v) is 3.71. The molecule has 4 heteroatoms. The topological polar surface area (TPSA) is 15.3 Å². The molecule has 1 atom stereocenters. The average Bonchev–Trinajstić information content (AvgIpc) is 2.34. The Morgan fingerprint density at radius 3 is 2.44 bits per heavy atom. The SMILES string of the molecule is FC[C@@H](c1ccc(I)cc1)N1CCNCC1. The second-order valence-corrected chi connectivity index (χ2v) is 5.25. The van der Waals surface area contributed by atoms with Crippen molar-refractivity contribution in [1.29, 1.82) is 0 Å². The van der Waals surface area contributed by atoms with Gasteiger partial charge in [0, 0.05) is 29.7 Å². The molecule has 1 saturated heterocycles. The number of halogens is 2.